The Hall–Kier alpha value is -3.16. The van der Waals surface area contributed by atoms with Gasteiger partial charge in [-0.2, -0.15) is 0 Å². The number of carbonyl (C=O) groups is 1. The van der Waals surface area contributed by atoms with E-state index in [0.29, 0.717) is 58.2 Å². The van der Waals surface area contributed by atoms with Gasteiger partial charge in [-0.1, -0.05) is 32.4 Å². The number of benzene rings is 3. The van der Waals surface area contributed by atoms with Crippen molar-refractivity contribution in [3.05, 3.63) is 76.5 Å². The van der Waals surface area contributed by atoms with Crippen molar-refractivity contribution in [3.8, 4) is 28.2 Å². The van der Waals surface area contributed by atoms with E-state index in [2.05, 4.69) is 27.9 Å². The first kappa shape index (κ1) is 53.5. The average molecular weight is 978 g/mol. The summed E-state index contributed by atoms with van der Waals surface area (Å²) in [4.78, 5) is 73.6. The van der Waals surface area contributed by atoms with Gasteiger partial charge in [0.1, 0.15) is 17.1 Å². The molecule has 2 aromatic rings. The van der Waals surface area contributed by atoms with Crippen molar-refractivity contribution in [1.82, 2.24) is 5.32 Å². The molecule has 25 heteroatoms. The van der Waals surface area contributed by atoms with Crippen LogP contribution in [-0.4, -0.2) is 70.4 Å². The zero-order valence-electron chi connectivity index (χ0n) is 35.3. The fourth-order valence-electron chi connectivity index (χ4n) is 5.87. The molecule has 1 aliphatic carbocycles. The van der Waals surface area contributed by atoms with Gasteiger partial charge >= 0.3 is 0 Å². The Kier molecular flexibility index (Phi) is 21.0. The van der Waals surface area contributed by atoms with Crippen LogP contribution in [0.15, 0.2) is 69.9 Å². The van der Waals surface area contributed by atoms with Gasteiger partial charge in [0.05, 0.1) is 52.9 Å². The lowest BCUT2D eigenvalue weighted by molar-refractivity contribution is -0.233. The second-order valence-electron chi connectivity index (χ2n) is 14.5. The van der Waals surface area contributed by atoms with Gasteiger partial charge < -0.3 is 70.6 Å². The van der Waals surface area contributed by atoms with Gasteiger partial charge in [0.25, 0.3) is 37.2 Å². The molecular weight excluding hydrogens is 926 g/mol. The highest BCUT2D eigenvalue weighted by Crippen LogP contribution is 2.44. The van der Waals surface area contributed by atoms with Crippen LogP contribution >= 0.6 is 31.3 Å². The van der Waals surface area contributed by atoms with E-state index in [1.165, 1.54) is 31.2 Å². The Balaban J connectivity index is 1.23. The number of phosphoric acid groups is 4. The smallest absolute Gasteiger partial charge is 0.267 e. The van der Waals surface area contributed by atoms with E-state index in [1.807, 2.05) is 13.8 Å². The van der Waals surface area contributed by atoms with Gasteiger partial charge in [0.2, 0.25) is 0 Å². The number of rotatable bonds is 30. The Morgan fingerprint density at radius 3 is 1.95 bits per heavy atom. The maximum Gasteiger partial charge on any atom is 0.267 e. The van der Waals surface area contributed by atoms with E-state index in [0.717, 1.165) is 0 Å². The molecule has 0 saturated carbocycles. The molecule has 356 valence electrons. The van der Waals surface area contributed by atoms with Crippen LogP contribution in [0.5, 0.6) is 5.75 Å². The molecule has 21 nitrogen and oxygen atoms in total. The molecule has 0 saturated heterocycles. The summed E-state index contributed by atoms with van der Waals surface area (Å²) >= 11 is 0. The summed E-state index contributed by atoms with van der Waals surface area (Å²) in [5, 5.41) is 13.5. The maximum atomic E-state index is 13.3. The van der Waals surface area contributed by atoms with E-state index >= 15 is 0 Å². The molecule has 5 atom stereocenters. The highest BCUT2D eigenvalue weighted by atomic mass is 31.2. The third-order valence-electron chi connectivity index (χ3n) is 8.95. The molecule has 1 heterocycles. The van der Waals surface area contributed by atoms with E-state index in [-0.39, 0.29) is 49.7 Å². The van der Waals surface area contributed by atoms with Gasteiger partial charge in [0.15, 0.2) is 5.43 Å². The Bertz CT molecular complexity index is 2360. The lowest BCUT2D eigenvalue weighted by Crippen LogP contribution is -2.25. The van der Waals surface area contributed by atoms with Crippen LogP contribution in [0.1, 0.15) is 63.2 Å². The minimum absolute atomic E-state index is 0.0295. The number of aromatic hydroxyl groups is 1. The lowest BCUT2D eigenvalue weighted by Gasteiger charge is -2.28. The van der Waals surface area contributed by atoms with Crippen LogP contribution in [0.4, 0.5) is 0 Å². The molecule has 0 spiro atoms. The van der Waals surface area contributed by atoms with Gasteiger partial charge in [0, 0.05) is 46.7 Å². The first-order valence-electron chi connectivity index (χ1n) is 20.2. The molecule has 2 aliphatic rings. The lowest BCUT2D eigenvalue weighted by atomic mass is 9.92. The second kappa shape index (κ2) is 25.1. The zero-order chi connectivity index (χ0) is 47.0. The fraction of sp³-hybridized carbons (Fsp3) is 0.487. The predicted octanol–water partition coefficient (Wildman–Crippen LogP) is 5.25. The van der Waals surface area contributed by atoms with Crippen molar-refractivity contribution >= 4 is 48.2 Å². The number of phenolic OH excluding ortho intramolecular Hbond substituents is 1. The summed E-state index contributed by atoms with van der Waals surface area (Å²) in [6.45, 7) is 1.50. The largest absolute Gasteiger partial charge is 0.756 e. The van der Waals surface area contributed by atoms with Crippen LogP contribution in [-0.2, 0) is 54.5 Å². The number of hydrogen-bond donors (Lipinski definition) is 2. The first-order chi connectivity index (χ1) is 30.2. The van der Waals surface area contributed by atoms with Gasteiger partial charge in [-0.15, -0.1) is 0 Å². The molecular formula is C39H51NO20P4-4. The minimum Gasteiger partial charge on any atom is -0.756 e. The van der Waals surface area contributed by atoms with E-state index < -0.39 is 82.8 Å². The zero-order valence-corrected chi connectivity index (χ0v) is 38.9. The summed E-state index contributed by atoms with van der Waals surface area (Å²) in [5.41, 5.74) is 2.36. The summed E-state index contributed by atoms with van der Waals surface area (Å²) in [6.07, 6.45) is 1.14. The first-order valence-corrected chi connectivity index (χ1v) is 26.0. The minimum atomic E-state index is -5.00. The summed E-state index contributed by atoms with van der Waals surface area (Å²) in [5.74, 6) is -0.742. The maximum absolute atomic E-state index is 13.3. The number of phenols is 1. The summed E-state index contributed by atoms with van der Waals surface area (Å²) in [6, 6.07) is 15.8. The standard InChI is InChI=1S/C39H55NO20P4/c1-4-52-61(44,45)58-26-29(27-59-64(50,51)54-19-8-18-53-62(46,47)56-21-22-57-63(48,49)55-20-16-28(2)3)9-5-6-17-40-39(43)31-11-7-10-30(23-31)38-34-14-12-32(41)24-36(34)60-37-25-33(42)13-15-35(37)38/h7,10-15,23-25,28-29,41H,4-6,8-9,16-22,26-27H2,1-3H3,(H,40,43)(H,44,45)(H,46,47)(H,48,49)(H,50,51)/p-4. The fourth-order valence-corrected chi connectivity index (χ4v) is 8.91. The molecule has 64 heavy (non-hydrogen) atoms. The number of phosphoric ester groups is 4. The monoisotopic (exact) mass is 977 g/mol. The van der Waals surface area contributed by atoms with Crippen molar-refractivity contribution in [3.63, 3.8) is 0 Å². The molecule has 0 radical (unpaired) electrons. The van der Waals surface area contributed by atoms with Crippen LogP contribution in [0.3, 0.4) is 0 Å². The molecule has 2 N–H and O–H groups in total. The number of fused-ring (bicyclic) bond motifs is 2. The van der Waals surface area contributed by atoms with Gasteiger partial charge in [-0.25, -0.2) is 0 Å². The van der Waals surface area contributed by atoms with Gasteiger partial charge in [-0.05, 0) is 80.5 Å². The van der Waals surface area contributed by atoms with Crippen LogP contribution in [0.2, 0.25) is 0 Å². The van der Waals surface area contributed by atoms with E-state index in [1.54, 1.807) is 36.4 Å². The molecule has 1 aliphatic heterocycles. The highest BCUT2D eigenvalue weighted by Gasteiger charge is 2.21. The van der Waals surface area contributed by atoms with Crippen LogP contribution < -0.4 is 30.3 Å². The molecule has 5 unspecified atom stereocenters. The quantitative estimate of drug-likeness (QED) is 0.0383. The molecule has 0 fully saturated rings. The van der Waals surface area contributed by atoms with Crippen molar-refractivity contribution in [2.45, 2.75) is 52.9 Å². The third kappa shape index (κ3) is 18.6. The Morgan fingerprint density at radius 1 is 0.703 bits per heavy atom. The Morgan fingerprint density at radius 2 is 1.31 bits per heavy atom. The van der Waals surface area contributed by atoms with Crippen molar-refractivity contribution in [1.29, 1.82) is 0 Å². The van der Waals surface area contributed by atoms with Crippen molar-refractivity contribution < 1.29 is 88.3 Å². The topological polar surface area (TPSA) is 314 Å². The molecule has 0 aromatic heterocycles. The molecule has 2 aromatic carbocycles. The number of hydrogen-bond acceptors (Lipinski definition) is 20. The van der Waals surface area contributed by atoms with Crippen LogP contribution in [0, 0.1) is 11.8 Å². The summed E-state index contributed by atoms with van der Waals surface area (Å²) < 4.78 is 91.7. The predicted molar refractivity (Wildman–Crippen MR) is 224 cm³/mol. The highest BCUT2D eigenvalue weighted by molar-refractivity contribution is 7.46. The van der Waals surface area contributed by atoms with Crippen LogP contribution in [0.25, 0.3) is 33.4 Å². The molecule has 0 bridgehead atoms. The molecule has 4 rings (SSSR count). The van der Waals surface area contributed by atoms with E-state index in [9.17, 15) is 52.5 Å². The number of carbonyl (C=O) groups excluding carboxylic acids is 1. The average Bonchev–Trinajstić information content (AvgIpc) is 3.21. The number of nitrogens with one attached hydrogen (secondary N) is 1. The molecule has 1 amide bonds. The van der Waals surface area contributed by atoms with E-state index in [4.69, 9.17) is 18.0 Å². The normalized spacial score (nSPS) is 16.2. The third-order valence-corrected chi connectivity index (χ3v) is 13.0. The van der Waals surface area contributed by atoms with Crippen molar-refractivity contribution in [2.75, 3.05) is 59.4 Å². The summed E-state index contributed by atoms with van der Waals surface area (Å²) in [7, 11) is -19.3. The van der Waals surface area contributed by atoms with Gasteiger partial charge in [-0.3, -0.25) is 27.8 Å². The number of unbranched alkanes of at least 4 members (excludes halogenated alkanes) is 1. The SMILES string of the molecule is CCOP(=O)([O-])OCC(CCCCNC(=O)c1cccc(-c2c3ccc(=O)cc-3oc3cc(O)ccc23)c1)COP(=O)([O-])OCCCOP(=O)([O-])OCCOP(=O)([O-])OCCC(C)C. The number of amides is 1. The van der Waals surface area contributed by atoms with Crippen molar-refractivity contribution in [2.24, 2.45) is 11.8 Å². The second-order valence-corrected chi connectivity index (χ2v) is 20.2. The Labute approximate surface area is 369 Å².